The van der Waals surface area contributed by atoms with Crippen molar-refractivity contribution < 1.29 is 4.79 Å². The van der Waals surface area contributed by atoms with Gasteiger partial charge in [0.05, 0.1) is 24.0 Å². The van der Waals surface area contributed by atoms with E-state index in [0.717, 1.165) is 40.9 Å². The van der Waals surface area contributed by atoms with Crippen LogP contribution in [-0.4, -0.2) is 38.7 Å². The lowest BCUT2D eigenvalue weighted by atomic mass is 9.90. The van der Waals surface area contributed by atoms with Gasteiger partial charge in [-0.3, -0.25) is 4.79 Å². The highest BCUT2D eigenvalue weighted by Crippen LogP contribution is 2.25. The zero-order valence-corrected chi connectivity index (χ0v) is 19.9. The van der Waals surface area contributed by atoms with Crippen LogP contribution in [0.5, 0.6) is 0 Å². The standard InChI is InChI=1S/C29H28N6O/c36-29(26(23-12-6-2-7-13-23)24-14-8-3-9-15-24)31-18-19-35-28-25(20-34-35)27(32-21-33-28)30-17-16-22-10-4-1-5-11-22/h1-15,20-21,26H,16-19H2,(H,31,36)(H,30,32,33). The fraction of sp³-hybridized carbons (Fsp3) is 0.172. The van der Waals surface area contributed by atoms with Gasteiger partial charge in [-0.1, -0.05) is 91.0 Å². The summed E-state index contributed by atoms with van der Waals surface area (Å²) in [6, 6.07) is 30.0. The molecule has 0 saturated carbocycles. The average molecular weight is 477 g/mol. The predicted molar refractivity (Wildman–Crippen MR) is 142 cm³/mol. The van der Waals surface area contributed by atoms with Gasteiger partial charge in [0.15, 0.2) is 5.65 Å². The van der Waals surface area contributed by atoms with E-state index in [9.17, 15) is 4.79 Å². The molecule has 0 saturated heterocycles. The van der Waals surface area contributed by atoms with Gasteiger partial charge in [0.25, 0.3) is 0 Å². The van der Waals surface area contributed by atoms with Gasteiger partial charge in [-0.15, -0.1) is 0 Å². The maximum absolute atomic E-state index is 13.2. The molecule has 7 heteroatoms. The van der Waals surface area contributed by atoms with Crippen LogP contribution in [0.3, 0.4) is 0 Å². The highest BCUT2D eigenvalue weighted by Gasteiger charge is 2.22. The van der Waals surface area contributed by atoms with Crippen molar-refractivity contribution in [2.75, 3.05) is 18.4 Å². The van der Waals surface area contributed by atoms with Crippen LogP contribution in [0.2, 0.25) is 0 Å². The third-order valence-corrected chi connectivity index (χ3v) is 6.13. The fourth-order valence-electron chi connectivity index (χ4n) is 4.34. The molecule has 0 atom stereocenters. The zero-order valence-electron chi connectivity index (χ0n) is 19.9. The molecule has 0 bridgehead atoms. The van der Waals surface area contributed by atoms with Crippen molar-refractivity contribution in [2.24, 2.45) is 0 Å². The third kappa shape index (κ3) is 5.41. The van der Waals surface area contributed by atoms with Gasteiger partial charge in [0, 0.05) is 13.1 Å². The molecule has 0 aliphatic rings. The van der Waals surface area contributed by atoms with Crippen LogP contribution < -0.4 is 10.6 Å². The van der Waals surface area contributed by atoms with E-state index < -0.39 is 0 Å². The van der Waals surface area contributed by atoms with Gasteiger partial charge < -0.3 is 10.6 Å². The van der Waals surface area contributed by atoms with Gasteiger partial charge in [-0.05, 0) is 23.1 Å². The topological polar surface area (TPSA) is 84.7 Å². The SMILES string of the molecule is O=C(NCCn1ncc2c(NCCc3ccccc3)ncnc21)C(c1ccccc1)c1ccccc1. The number of carbonyl (C=O) groups is 1. The number of fused-ring (bicyclic) bond motifs is 1. The van der Waals surface area contributed by atoms with Crippen LogP contribution in [0, 0.1) is 0 Å². The summed E-state index contributed by atoms with van der Waals surface area (Å²) in [6.45, 7) is 1.70. The van der Waals surface area contributed by atoms with E-state index in [0.29, 0.717) is 13.1 Å². The van der Waals surface area contributed by atoms with Crippen LogP contribution in [0.4, 0.5) is 5.82 Å². The minimum absolute atomic E-state index is 0.0400. The maximum Gasteiger partial charge on any atom is 0.232 e. The number of anilines is 1. The highest BCUT2D eigenvalue weighted by molar-refractivity contribution is 5.87. The Morgan fingerprint density at radius 2 is 1.44 bits per heavy atom. The van der Waals surface area contributed by atoms with Gasteiger partial charge >= 0.3 is 0 Å². The molecule has 2 heterocycles. The molecule has 7 nitrogen and oxygen atoms in total. The molecule has 3 aromatic carbocycles. The van der Waals surface area contributed by atoms with Crippen LogP contribution in [0.1, 0.15) is 22.6 Å². The van der Waals surface area contributed by atoms with Crippen molar-refractivity contribution in [1.82, 2.24) is 25.1 Å². The molecule has 0 fully saturated rings. The van der Waals surface area contributed by atoms with E-state index in [2.05, 4.69) is 37.8 Å². The highest BCUT2D eigenvalue weighted by atomic mass is 16.1. The second-order valence-electron chi connectivity index (χ2n) is 8.54. The number of benzene rings is 3. The molecular weight excluding hydrogens is 448 g/mol. The van der Waals surface area contributed by atoms with E-state index >= 15 is 0 Å². The van der Waals surface area contributed by atoms with Crippen LogP contribution in [0.25, 0.3) is 11.0 Å². The van der Waals surface area contributed by atoms with Crippen LogP contribution in [-0.2, 0) is 17.8 Å². The van der Waals surface area contributed by atoms with E-state index in [1.807, 2.05) is 78.9 Å². The monoisotopic (exact) mass is 476 g/mol. The van der Waals surface area contributed by atoms with E-state index in [4.69, 9.17) is 0 Å². The van der Waals surface area contributed by atoms with Gasteiger partial charge in [0.2, 0.25) is 5.91 Å². The molecule has 0 spiro atoms. The summed E-state index contributed by atoms with van der Waals surface area (Å²) in [5.74, 6) is 0.352. The Labute approximate surface area is 210 Å². The number of hydrogen-bond donors (Lipinski definition) is 2. The quantitative estimate of drug-likeness (QED) is 0.312. The van der Waals surface area contributed by atoms with Crippen molar-refractivity contribution >= 4 is 22.8 Å². The first-order chi connectivity index (χ1) is 17.8. The summed E-state index contributed by atoms with van der Waals surface area (Å²) in [4.78, 5) is 22.1. The minimum atomic E-state index is -0.371. The van der Waals surface area contributed by atoms with Crippen molar-refractivity contribution in [3.63, 3.8) is 0 Å². The molecule has 0 aliphatic carbocycles. The first-order valence-corrected chi connectivity index (χ1v) is 12.1. The molecule has 180 valence electrons. The van der Waals surface area contributed by atoms with Crippen molar-refractivity contribution in [3.8, 4) is 0 Å². The summed E-state index contributed by atoms with van der Waals surface area (Å²) in [5.41, 5.74) is 3.93. The van der Waals surface area contributed by atoms with Crippen LogP contribution in [0.15, 0.2) is 104 Å². The molecule has 0 aliphatic heterocycles. The van der Waals surface area contributed by atoms with Crippen molar-refractivity contribution in [2.45, 2.75) is 18.9 Å². The Morgan fingerprint density at radius 3 is 2.11 bits per heavy atom. The molecule has 0 unspecified atom stereocenters. The van der Waals surface area contributed by atoms with Gasteiger partial charge in [-0.25, -0.2) is 14.6 Å². The van der Waals surface area contributed by atoms with Crippen molar-refractivity contribution in [1.29, 1.82) is 0 Å². The predicted octanol–water partition coefficient (Wildman–Crippen LogP) is 4.43. The Balaban J connectivity index is 1.23. The first kappa shape index (κ1) is 23.2. The maximum atomic E-state index is 13.2. The van der Waals surface area contributed by atoms with E-state index in [1.165, 1.54) is 5.56 Å². The summed E-state index contributed by atoms with van der Waals surface area (Å²) in [5, 5.41) is 11.9. The molecular formula is C29H28N6O. The van der Waals surface area contributed by atoms with Gasteiger partial charge in [-0.2, -0.15) is 5.10 Å². The number of nitrogens with zero attached hydrogens (tertiary/aromatic N) is 4. The lowest BCUT2D eigenvalue weighted by Crippen LogP contribution is -2.32. The number of nitrogens with one attached hydrogen (secondary N) is 2. The van der Waals surface area contributed by atoms with Gasteiger partial charge in [0.1, 0.15) is 12.1 Å². The molecule has 36 heavy (non-hydrogen) atoms. The Bertz CT molecular complexity index is 1360. The third-order valence-electron chi connectivity index (χ3n) is 6.13. The zero-order chi connectivity index (χ0) is 24.6. The fourth-order valence-corrected chi connectivity index (χ4v) is 4.34. The number of hydrogen-bond acceptors (Lipinski definition) is 5. The lowest BCUT2D eigenvalue weighted by molar-refractivity contribution is -0.121. The summed E-state index contributed by atoms with van der Waals surface area (Å²) < 4.78 is 1.81. The molecule has 2 aromatic heterocycles. The lowest BCUT2D eigenvalue weighted by Gasteiger charge is -2.18. The Hall–Kier alpha value is -4.52. The average Bonchev–Trinajstić information content (AvgIpc) is 3.35. The normalized spacial score (nSPS) is 11.0. The second kappa shape index (κ2) is 11.3. The minimum Gasteiger partial charge on any atom is -0.369 e. The second-order valence-corrected chi connectivity index (χ2v) is 8.54. The molecule has 1 amide bonds. The van der Waals surface area contributed by atoms with Crippen LogP contribution >= 0.6 is 0 Å². The summed E-state index contributed by atoms with van der Waals surface area (Å²) in [6.07, 6.45) is 4.22. The summed E-state index contributed by atoms with van der Waals surface area (Å²) in [7, 11) is 0. The Kier molecular flexibility index (Phi) is 7.27. The largest absolute Gasteiger partial charge is 0.369 e. The van der Waals surface area contributed by atoms with E-state index in [-0.39, 0.29) is 11.8 Å². The first-order valence-electron chi connectivity index (χ1n) is 12.1. The molecule has 2 N–H and O–H groups in total. The van der Waals surface area contributed by atoms with Crippen molar-refractivity contribution in [3.05, 3.63) is 120 Å². The molecule has 0 radical (unpaired) electrons. The number of carbonyl (C=O) groups excluding carboxylic acids is 1. The number of aromatic nitrogens is 4. The molecule has 5 rings (SSSR count). The Morgan fingerprint density at radius 1 is 0.806 bits per heavy atom. The number of rotatable bonds is 10. The smallest absolute Gasteiger partial charge is 0.232 e. The molecule has 5 aromatic rings. The van der Waals surface area contributed by atoms with E-state index in [1.54, 1.807) is 17.2 Å². The number of amides is 1. The summed E-state index contributed by atoms with van der Waals surface area (Å²) >= 11 is 0.